The van der Waals surface area contributed by atoms with Crippen molar-refractivity contribution in [2.24, 2.45) is 0 Å². The molecule has 0 fully saturated rings. The first-order valence-electron chi connectivity index (χ1n) is 9.03. The Morgan fingerprint density at radius 2 is 1.97 bits per heavy atom. The van der Waals surface area contributed by atoms with Gasteiger partial charge in [0.25, 0.3) is 0 Å². The summed E-state index contributed by atoms with van der Waals surface area (Å²) in [6.07, 6.45) is 10.9. The van der Waals surface area contributed by atoms with Gasteiger partial charge in [-0.05, 0) is 30.2 Å². The third kappa shape index (κ3) is 4.52. The van der Waals surface area contributed by atoms with E-state index >= 15 is 0 Å². The summed E-state index contributed by atoms with van der Waals surface area (Å²) in [7, 11) is -3.34. The van der Waals surface area contributed by atoms with Gasteiger partial charge in [-0.2, -0.15) is 0 Å². The minimum atomic E-state index is -3.34. The van der Waals surface area contributed by atoms with Crippen LogP contribution in [0.25, 0.3) is 16.9 Å². The second-order valence-corrected chi connectivity index (χ2v) is 8.35. The molecule has 3 aromatic heterocycles. The lowest BCUT2D eigenvalue weighted by atomic mass is 10.1. The zero-order valence-electron chi connectivity index (χ0n) is 15.8. The quantitative estimate of drug-likeness (QED) is 0.488. The van der Waals surface area contributed by atoms with Crippen LogP contribution in [0, 0.1) is 0 Å². The molecular weight excluding hydrogens is 388 g/mol. The number of nitrogens with zero attached hydrogens (tertiary/aromatic N) is 4. The lowest BCUT2D eigenvalue weighted by Crippen LogP contribution is -2.09. The maximum absolute atomic E-state index is 11.5. The molecule has 0 saturated carbocycles. The van der Waals surface area contributed by atoms with E-state index in [1.165, 1.54) is 0 Å². The first-order chi connectivity index (χ1) is 14.0. The molecule has 0 saturated heterocycles. The van der Waals surface area contributed by atoms with Crippen molar-refractivity contribution in [1.29, 1.82) is 0 Å². The van der Waals surface area contributed by atoms with Crippen LogP contribution in [0.1, 0.15) is 5.56 Å². The fourth-order valence-electron chi connectivity index (χ4n) is 3.08. The molecule has 0 amide bonds. The highest BCUT2D eigenvalue weighted by Crippen LogP contribution is 2.26. The molecular formula is C20H20N6O2S. The number of nitrogens with one attached hydrogen (secondary N) is 2. The van der Waals surface area contributed by atoms with Gasteiger partial charge in [0.05, 0.1) is 18.1 Å². The molecule has 1 aromatic carbocycles. The standard InChI is InChI=1S/C20H20N6O2S/c1-29(27,28)25-17-6-2-5-16(12-17)18-14-24-20-19(23-10-11-26(18)20)22-9-7-15-4-3-8-21-13-15/h2-6,8,10-14,25H,7,9H2,1H3,(H,22,23). The van der Waals surface area contributed by atoms with Gasteiger partial charge < -0.3 is 5.32 Å². The zero-order chi connectivity index (χ0) is 20.3. The molecule has 2 N–H and O–H groups in total. The van der Waals surface area contributed by atoms with Crippen molar-refractivity contribution in [3.63, 3.8) is 0 Å². The van der Waals surface area contributed by atoms with E-state index in [4.69, 9.17) is 0 Å². The van der Waals surface area contributed by atoms with E-state index in [1.807, 2.05) is 35.0 Å². The Kier molecular flexibility index (Phi) is 5.13. The van der Waals surface area contributed by atoms with Gasteiger partial charge >= 0.3 is 0 Å². The van der Waals surface area contributed by atoms with E-state index in [-0.39, 0.29) is 0 Å². The predicted octanol–water partition coefficient (Wildman–Crippen LogP) is 2.82. The van der Waals surface area contributed by atoms with Crippen molar-refractivity contribution >= 4 is 27.2 Å². The monoisotopic (exact) mass is 408 g/mol. The Balaban J connectivity index is 1.58. The molecule has 4 rings (SSSR count). The van der Waals surface area contributed by atoms with Crippen LogP contribution in [0.15, 0.2) is 67.4 Å². The number of anilines is 2. The number of fused-ring (bicyclic) bond motifs is 1. The summed E-state index contributed by atoms with van der Waals surface area (Å²) in [6.45, 7) is 0.703. The van der Waals surface area contributed by atoms with Gasteiger partial charge in [-0.3, -0.25) is 14.1 Å². The van der Waals surface area contributed by atoms with E-state index in [9.17, 15) is 8.42 Å². The third-order valence-corrected chi connectivity index (χ3v) is 4.93. The van der Waals surface area contributed by atoms with Crippen molar-refractivity contribution in [2.75, 3.05) is 22.8 Å². The number of benzene rings is 1. The molecule has 0 spiro atoms. The van der Waals surface area contributed by atoms with Gasteiger partial charge in [-0.25, -0.2) is 18.4 Å². The van der Waals surface area contributed by atoms with Crippen LogP contribution in [-0.4, -0.2) is 40.6 Å². The number of hydrogen-bond acceptors (Lipinski definition) is 6. The smallest absolute Gasteiger partial charge is 0.229 e. The normalized spacial score (nSPS) is 11.5. The van der Waals surface area contributed by atoms with Gasteiger partial charge in [0.2, 0.25) is 10.0 Å². The van der Waals surface area contributed by atoms with E-state index < -0.39 is 10.0 Å². The highest BCUT2D eigenvalue weighted by Gasteiger charge is 2.11. The van der Waals surface area contributed by atoms with Crippen LogP contribution < -0.4 is 10.0 Å². The third-order valence-electron chi connectivity index (χ3n) is 4.32. The maximum atomic E-state index is 11.5. The molecule has 0 aliphatic rings. The molecule has 0 atom stereocenters. The number of sulfonamides is 1. The number of aromatic nitrogens is 4. The van der Waals surface area contributed by atoms with Crippen LogP contribution in [0.3, 0.4) is 0 Å². The number of imidazole rings is 1. The molecule has 4 aromatic rings. The summed E-state index contributed by atoms with van der Waals surface area (Å²) in [5.74, 6) is 0.688. The number of rotatable bonds is 7. The Morgan fingerprint density at radius 3 is 2.76 bits per heavy atom. The van der Waals surface area contributed by atoms with Gasteiger partial charge in [-0.15, -0.1) is 0 Å². The summed E-state index contributed by atoms with van der Waals surface area (Å²) in [5, 5.41) is 3.33. The molecule has 0 aliphatic carbocycles. The first-order valence-corrected chi connectivity index (χ1v) is 10.9. The molecule has 0 unspecified atom stereocenters. The predicted molar refractivity (Wildman–Crippen MR) is 113 cm³/mol. The summed E-state index contributed by atoms with van der Waals surface area (Å²) in [4.78, 5) is 13.0. The van der Waals surface area contributed by atoms with Crippen LogP contribution in [0.4, 0.5) is 11.5 Å². The minimum Gasteiger partial charge on any atom is -0.367 e. The molecule has 29 heavy (non-hydrogen) atoms. The highest BCUT2D eigenvalue weighted by atomic mass is 32.2. The van der Waals surface area contributed by atoms with Crippen LogP contribution in [0.5, 0.6) is 0 Å². The van der Waals surface area contributed by atoms with Crippen molar-refractivity contribution in [1.82, 2.24) is 19.4 Å². The first kappa shape index (κ1) is 18.9. The Morgan fingerprint density at radius 1 is 1.07 bits per heavy atom. The fraction of sp³-hybridized carbons (Fsp3) is 0.150. The highest BCUT2D eigenvalue weighted by molar-refractivity contribution is 7.92. The molecule has 3 heterocycles. The van der Waals surface area contributed by atoms with Crippen molar-refractivity contribution in [2.45, 2.75) is 6.42 Å². The SMILES string of the molecule is CS(=O)(=O)Nc1cccc(-c2cnc3c(NCCc4cccnc4)nccn23)c1. The van der Waals surface area contributed by atoms with E-state index in [2.05, 4.69) is 25.0 Å². The molecule has 9 heteroatoms. The number of pyridine rings is 1. The second kappa shape index (κ2) is 7.88. The Hall–Kier alpha value is -3.46. The van der Waals surface area contributed by atoms with Gasteiger partial charge in [0.15, 0.2) is 11.5 Å². The topological polar surface area (TPSA) is 101 Å². The lowest BCUT2D eigenvalue weighted by molar-refractivity contribution is 0.607. The van der Waals surface area contributed by atoms with Crippen molar-refractivity contribution < 1.29 is 8.42 Å². The molecule has 148 valence electrons. The molecule has 0 radical (unpaired) electrons. The second-order valence-electron chi connectivity index (χ2n) is 6.61. The van der Waals surface area contributed by atoms with Gasteiger partial charge in [0, 0.05) is 42.6 Å². The summed E-state index contributed by atoms with van der Waals surface area (Å²) in [6, 6.07) is 11.2. The average molecular weight is 408 g/mol. The fourth-order valence-corrected chi connectivity index (χ4v) is 3.64. The number of hydrogen-bond donors (Lipinski definition) is 2. The summed E-state index contributed by atoms with van der Waals surface area (Å²) >= 11 is 0. The van der Waals surface area contributed by atoms with E-state index in [0.29, 0.717) is 23.7 Å². The van der Waals surface area contributed by atoms with Crippen LogP contribution >= 0.6 is 0 Å². The Labute approximate surface area is 168 Å². The van der Waals surface area contributed by atoms with E-state index in [0.717, 1.165) is 29.5 Å². The molecule has 0 aliphatic heterocycles. The molecule has 0 bridgehead atoms. The summed E-state index contributed by atoms with van der Waals surface area (Å²) < 4.78 is 27.4. The zero-order valence-corrected chi connectivity index (χ0v) is 16.6. The van der Waals surface area contributed by atoms with Gasteiger partial charge in [-0.1, -0.05) is 18.2 Å². The van der Waals surface area contributed by atoms with E-state index in [1.54, 1.807) is 36.8 Å². The Bertz CT molecular complexity index is 1240. The van der Waals surface area contributed by atoms with Crippen LogP contribution in [-0.2, 0) is 16.4 Å². The lowest BCUT2D eigenvalue weighted by Gasteiger charge is -2.09. The van der Waals surface area contributed by atoms with Crippen molar-refractivity contribution in [3.05, 3.63) is 72.9 Å². The molecule has 8 nitrogen and oxygen atoms in total. The average Bonchev–Trinajstić information content (AvgIpc) is 3.13. The van der Waals surface area contributed by atoms with Crippen molar-refractivity contribution in [3.8, 4) is 11.3 Å². The van der Waals surface area contributed by atoms with Crippen LogP contribution in [0.2, 0.25) is 0 Å². The summed E-state index contributed by atoms with van der Waals surface area (Å²) in [5.41, 5.74) is 4.04. The largest absolute Gasteiger partial charge is 0.367 e. The van der Waals surface area contributed by atoms with Gasteiger partial charge in [0.1, 0.15) is 0 Å². The maximum Gasteiger partial charge on any atom is 0.229 e. The minimum absolute atomic E-state index is 0.504.